The maximum atomic E-state index is 11.8. The van der Waals surface area contributed by atoms with E-state index in [0.29, 0.717) is 5.69 Å². The minimum absolute atomic E-state index is 0.0302. The Bertz CT molecular complexity index is 466. The summed E-state index contributed by atoms with van der Waals surface area (Å²) in [6.07, 6.45) is 8.76. The minimum Gasteiger partial charge on any atom is -0.468 e. The molecule has 0 radical (unpaired) electrons. The predicted molar refractivity (Wildman–Crippen MR) is 73.3 cm³/mol. The summed E-state index contributed by atoms with van der Waals surface area (Å²) in [5.41, 5.74) is 0.558. The van der Waals surface area contributed by atoms with E-state index >= 15 is 0 Å². The number of rotatable bonds is 4. The van der Waals surface area contributed by atoms with Crippen molar-refractivity contribution in [2.75, 3.05) is 12.4 Å². The summed E-state index contributed by atoms with van der Waals surface area (Å²) in [4.78, 5) is 22.9. The number of nitrogens with zero attached hydrogens (tertiary/aromatic N) is 2. The molecule has 7 heteroatoms. The minimum atomic E-state index is -0.383. The van der Waals surface area contributed by atoms with Crippen molar-refractivity contribution in [3.8, 4) is 0 Å². The second-order valence-electron chi connectivity index (χ2n) is 4.94. The summed E-state index contributed by atoms with van der Waals surface area (Å²) in [7, 11) is 1.32. The molecule has 7 nitrogen and oxygen atoms in total. The predicted octanol–water partition coefficient (Wildman–Crippen LogP) is 1.51. The Morgan fingerprint density at radius 1 is 1.40 bits per heavy atom. The lowest BCUT2D eigenvalue weighted by atomic mass is 9.96. The van der Waals surface area contributed by atoms with E-state index in [2.05, 4.69) is 20.5 Å². The lowest BCUT2D eigenvalue weighted by Gasteiger charge is -2.22. The Kier molecular flexibility index (Phi) is 4.97. The van der Waals surface area contributed by atoms with Gasteiger partial charge in [-0.05, 0) is 12.8 Å². The van der Waals surface area contributed by atoms with Gasteiger partial charge >= 0.3 is 12.0 Å². The first-order valence-electron chi connectivity index (χ1n) is 6.84. The Morgan fingerprint density at radius 3 is 2.85 bits per heavy atom. The number of carbonyl (C=O) groups excluding carboxylic acids is 2. The molecule has 2 N–H and O–H groups in total. The maximum absolute atomic E-state index is 11.8. The SMILES string of the molecule is COC(=O)Cn1cc(NC(=O)NC2CCCCC2)cn1. The number of urea groups is 1. The van der Waals surface area contributed by atoms with E-state index in [1.54, 1.807) is 6.20 Å². The van der Waals surface area contributed by atoms with E-state index in [0.717, 1.165) is 12.8 Å². The number of hydrogen-bond donors (Lipinski definition) is 2. The fourth-order valence-electron chi connectivity index (χ4n) is 2.31. The molecule has 1 aliphatic rings. The zero-order chi connectivity index (χ0) is 14.4. The highest BCUT2D eigenvalue weighted by Gasteiger charge is 2.16. The average Bonchev–Trinajstić information content (AvgIpc) is 2.86. The highest BCUT2D eigenvalue weighted by molar-refractivity contribution is 5.89. The van der Waals surface area contributed by atoms with Gasteiger partial charge in [-0.15, -0.1) is 0 Å². The van der Waals surface area contributed by atoms with Crippen LogP contribution in [0, 0.1) is 0 Å². The third-order valence-corrected chi connectivity index (χ3v) is 3.35. The number of esters is 1. The monoisotopic (exact) mass is 280 g/mol. The van der Waals surface area contributed by atoms with Crippen molar-refractivity contribution in [2.24, 2.45) is 0 Å². The zero-order valence-electron chi connectivity index (χ0n) is 11.6. The zero-order valence-corrected chi connectivity index (χ0v) is 11.6. The number of hydrogen-bond acceptors (Lipinski definition) is 4. The molecule has 0 saturated heterocycles. The van der Waals surface area contributed by atoms with E-state index in [-0.39, 0.29) is 24.6 Å². The molecule has 1 fully saturated rings. The topological polar surface area (TPSA) is 85.2 Å². The van der Waals surface area contributed by atoms with Gasteiger partial charge in [-0.2, -0.15) is 5.10 Å². The van der Waals surface area contributed by atoms with Gasteiger partial charge < -0.3 is 15.4 Å². The molecular weight excluding hydrogens is 260 g/mol. The number of methoxy groups -OCH3 is 1. The van der Waals surface area contributed by atoms with Crippen molar-refractivity contribution in [3.05, 3.63) is 12.4 Å². The van der Waals surface area contributed by atoms with Crippen molar-refractivity contribution < 1.29 is 14.3 Å². The van der Waals surface area contributed by atoms with Crippen LogP contribution in [0.4, 0.5) is 10.5 Å². The molecule has 0 spiro atoms. The van der Waals surface area contributed by atoms with Crippen LogP contribution in [0.25, 0.3) is 0 Å². The molecule has 2 rings (SSSR count). The van der Waals surface area contributed by atoms with Gasteiger partial charge in [0.25, 0.3) is 0 Å². The van der Waals surface area contributed by atoms with Gasteiger partial charge in [0.1, 0.15) is 6.54 Å². The largest absolute Gasteiger partial charge is 0.468 e. The van der Waals surface area contributed by atoms with Crippen LogP contribution in [0.3, 0.4) is 0 Å². The number of carbonyl (C=O) groups is 2. The standard InChI is InChI=1S/C13H20N4O3/c1-20-12(18)9-17-8-11(7-14-17)16-13(19)15-10-5-3-2-4-6-10/h7-8,10H,2-6,9H2,1H3,(H2,15,16,19). The van der Waals surface area contributed by atoms with E-state index in [4.69, 9.17) is 0 Å². The Morgan fingerprint density at radius 2 is 2.15 bits per heavy atom. The van der Waals surface area contributed by atoms with Crippen molar-refractivity contribution in [3.63, 3.8) is 0 Å². The van der Waals surface area contributed by atoms with Crippen LogP contribution in [0.1, 0.15) is 32.1 Å². The van der Waals surface area contributed by atoms with Crippen LogP contribution >= 0.6 is 0 Å². The summed E-state index contributed by atoms with van der Waals surface area (Å²) < 4.78 is 5.96. The summed E-state index contributed by atoms with van der Waals surface area (Å²) in [6.45, 7) is 0.0302. The van der Waals surface area contributed by atoms with Crippen molar-refractivity contribution in [1.82, 2.24) is 15.1 Å². The van der Waals surface area contributed by atoms with Crippen LogP contribution in [-0.4, -0.2) is 34.9 Å². The van der Waals surface area contributed by atoms with Crippen LogP contribution in [0.2, 0.25) is 0 Å². The molecule has 1 aromatic heterocycles. The molecule has 0 bridgehead atoms. The van der Waals surface area contributed by atoms with Crippen LogP contribution in [-0.2, 0) is 16.1 Å². The highest BCUT2D eigenvalue weighted by atomic mass is 16.5. The molecule has 1 saturated carbocycles. The van der Waals surface area contributed by atoms with Crippen LogP contribution < -0.4 is 10.6 Å². The summed E-state index contributed by atoms with van der Waals surface area (Å²) in [5, 5.41) is 9.64. The molecule has 1 aromatic rings. The molecule has 1 aliphatic carbocycles. The summed E-state index contributed by atoms with van der Waals surface area (Å²) in [6, 6.07) is 0.0309. The molecule has 0 aliphatic heterocycles. The molecule has 1 heterocycles. The van der Waals surface area contributed by atoms with Gasteiger partial charge in [0.2, 0.25) is 0 Å². The lowest BCUT2D eigenvalue weighted by molar-refractivity contribution is -0.141. The van der Waals surface area contributed by atoms with Gasteiger partial charge in [-0.25, -0.2) is 4.79 Å². The van der Waals surface area contributed by atoms with Gasteiger partial charge in [-0.3, -0.25) is 9.48 Å². The quantitative estimate of drug-likeness (QED) is 0.819. The normalized spacial score (nSPS) is 15.7. The fraction of sp³-hybridized carbons (Fsp3) is 0.615. The second-order valence-corrected chi connectivity index (χ2v) is 4.94. The van der Waals surface area contributed by atoms with Crippen molar-refractivity contribution in [1.29, 1.82) is 0 Å². The Hall–Kier alpha value is -2.05. The summed E-state index contributed by atoms with van der Waals surface area (Å²) in [5.74, 6) is -0.383. The van der Waals surface area contributed by atoms with Crippen LogP contribution in [0.5, 0.6) is 0 Å². The molecule has 0 unspecified atom stereocenters. The lowest BCUT2D eigenvalue weighted by Crippen LogP contribution is -2.38. The highest BCUT2D eigenvalue weighted by Crippen LogP contribution is 2.17. The first-order valence-corrected chi connectivity index (χ1v) is 6.84. The average molecular weight is 280 g/mol. The van der Waals surface area contributed by atoms with Crippen molar-refractivity contribution >= 4 is 17.7 Å². The number of aromatic nitrogens is 2. The van der Waals surface area contributed by atoms with E-state index in [1.165, 1.54) is 37.3 Å². The van der Waals surface area contributed by atoms with Crippen molar-refractivity contribution in [2.45, 2.75) is 44.7 Å². The molecule has 20 heavy (non-hydrogen) atoms. The third-order valence-electron chi connectivity index (χ3n) is 3.35. The number of ether oxygens (including phenoxy) is 1. The fourth-order valence-corrected chi connectivity index (χ4v) is 2.31. The molecule has 2 amide bonds. The van der Waals surface area contributed by atoms with Gasteiger partial charge in [0.15, 0.2) is 0 Å². The number of nitrogens with one attached hydrogen (secondary N) is 2. The first kappa shape index (κ1) is 14.4. The Balaban J connectivity index is 1.80. The number of amides is 2. The first-order chi connectivity index (χ1) is 9.67. The molecular formula is C13H20N4O3. The van der Waals surface area contributed by atoms with E-state index < -0.39 is 0 Å². The third kappa shape index (κ3) is 4.25. The van der Waals surface area contributed by atoms with E-state index in [9.17, 15) is 9.59 Å². The maximum Gasteiger partial charge on any atom is 0.327 e. The van der Waals surface area contributed by atoms with Crippen LogP contribution in [0.15, 0.2) is 12.4 Å². The molecule has 110 valence electrons. The second kappa shape index (κ2) is 6.93. The summed E-state index contributed by atoms with van der Waals surface area (Å²) >= 11 is 0. The van der Waals surface area contributed by atoms with E-state index in [1.807, 2.05) is 0 Å². The van der Waals surface area contributed by atoms with Gasteiger partial charge in [0.05, 0.1) is 19.0 Å². The van der Waals surface area contributed by atoms with Gasteiger partial charge in [-0.1, -0.05) is 19.3 Å². The molecule has 0 atom stereocenters. The smallest absolute Gasteiger partial charge is 0.327 e. The Labute approximate surface area is 117 Å². The number of anilines is 1. The van der Waals surface area contributed by atoms with Gasteiger partial charge in [0, 0.05) is 12.2 Å². The molecule has 0 aromatic carbocycles.